The summed E-state index contributed by atoms with van der Waals surface area (Å²) >= 11 is 6.93. The Balaban J connectivity index is 2.17. The minimum absolute atomic E-state index is 0.0245. The van der Waals surface area contributed by atoms with Crippen molar-refractivity contribution in [3.05, 3.63) is 17.9 Å². The van der Waals surface area contributed by atoms with Gasteiger partial charge in [0.25, 0.3) is 5.95 Å². The molecule has 18 heavy (non-hydrogen) atoms. The maximum atomic E-state index is 9.24. The van der Waals surface area contributed by atoms with Crippen molar-refractivity contribution >= 4 is 23.4 Å². The maximum Gasteiger partial charge on any atom is 0.257 e. The molecule has 0 aliphatic rings. The number of hydrogen-bond donors (Lipinski definition) is 2. The van der Waals surface area contributed by atoms with Crippen LogP contribution >= 0.6 is 23.4 Å². The Bertz CT molecular complexity index is 510. The van der Waals surface area contributed by atoms with E-state index in [1.165, 1.54) is 17.3 Å². The van der Waals surface area contributed by atoms with E-state index in [1.807, 2.05) is 0 Å². The highest BCUT2D eigenvalue weighted by Crippen LogP contribution is 2.16. The van der Waals surface area contributed by atoms with Crippen molar-refractivity contribution in [3.8, 4) is 5.95 Å². The van der Waals surface area contributed by atoms with Crippen molar-refractivity contribution in [2.45, 2.75) is 11.3 Å². The number of hydrogen-bond acceptors (Lipinski definition) is 8. The highest BCUT2D eigenvalue weighted by molar-refractivity contribution is 7.99. The Labute approximate surface area is 111 Å². The number of aliphatic hydroxyl groups is 2. The summed E-state index contributed by atoms with van der Waals surface area (Å²) in [5.41, 5.74) is 0. The van der Waals surface area contributed by atoms with Crippen LogP contribution < -0.4 is 0 Å². The summed E-state index contributed by atoms with van der Waals surface area (Å²) in [4.78, 5) is 15.7. The van der Waals surface area contributed by atoms with Gasteiger partial charge in [-0.25, -0.2) is 4.98 Å². The van der Waals surface area contributed by atoms with Gasteiger partial charge in [-0.05, 0) is 11.6 Å². The third kappa shape index (κ3) is 3.35. The Kier molecular flexibility index (Phi) is 4.42. The van der Waals surface area contributed by atoms with Crippen LogP contribution in [0.5, 0.6) is 0 Å². The highest BCUT2D eigenvalue weighted by Gasteiger charge is 2.10. The van der Waals surface area contributed by atoms with Gasteiger partial charge in [0.1, 0.15) is 12.7 Å². The molecule has 0 radical (unpaired) electrons. The Hall–Kier alpha value is -1.29. The summed E-state index contributed by atoms with van der Waals surface area (Å²) < 4.78 is 1.35. The van der Waals surface area contributed by atoms with E-state index in [-0.39, 0.29) is 23.6 Å². The lowest BCUT2D eigenvalue weighted by Gasteiger charge is -2.06. The van der Waals surface area contributed by atoms with Crippen LogP contribution in [0.15, 0.2) is 17.8 Å². The minimum Gasteiger partial charge on any atom is -0.394 e. The molecule has 0 aromatic carbocycles. The van der Waals surface area contributed by atoms with Gasteiger partial charge in [-0.15, -0.1) is 0 Å². The van der Waals surface area contributed by atoms with Gasteiger partial charge in [0.05, 0.1) is 12.7 Å². The molecule has 0 bridgehead atoms. The number of thioether (sulfide) groups is 1. The second kappa shape index (κ2) is 6.05. The molecular weight excluding hydrogens is 280 g/mol. The molecule has 8 nitrogen and oxygen atoms in total. The molecule has 0 saturated carbocycles. The average molecular weight is 289 g/mol. The number of aliphatic hydroxyl groups excluding tert-OH is 2. The first-order valence-corrected chi connectivity index (χ1v) is 6.23. The normalized spacial score (nSPS) is 12.6. The fraction of sp³-hybridized carbons (Fsp3) is 0.375. The summed E-state index contributed by atoms with van der Waals surface area (Å²) in [6, 6.07) is 0. The van der Waals surface area contributed by atoms with E-state index in [0.29, 0.717) is 5.16 Å². The second-order valence-corrected chi connectivity index (χ2v) is 4.50. The lowest BCUT2D eigenvalue weighted by molar-refractivity contribution is 0.113. The van der Waals surface area contributed by atoms with E-state index in [0.717, 1.165) is 11.8 Å². The van der Waals surface area contributed by atoms with Crippen LogP contribution in [0.4, 0.5) is 0 Å². The van der Waals surface area contributed by atoms with Crippen molar-refractivity contribution in [2.24, 2.45) is 0 Å². The molecule has 1 atom stereocenters. The molecule has 2 N–H and O–H groups in total. The zero-order chi connectivity index (χ0) is 13.0. The molecule has 2 rings (SSSR count). The van der Waals surface area contributed by atoms with Gasteiger partial charge in [-0.2, -0.15) is 24.7 Å². The molecular formula is C8H9ClN6O2S. The van der Waals surface area contributed by atoms with Gasteiger partial charge >= 0.3 is 0 Å². The molecule has 0 fully saturated rings. The molecule has 0 saturated heterocycles. The molecule has 0 aliphatic heterocycles. The van der Waals surface area contributed by atoms with Crippen molar-refractivity contribution < 1.29 is 10.2 Å². The zero-order valence-corrected chi connectivity index (χ0v) is 10.6. The molecule has 10 heteroatoms. The summed E-state index contributed by atoms with van der Waals surface area (Å²) in [6.45, 7) is -0.318. The summed E-state index contributed by atoms with van der Waals surface area (Å²) in [5.74, 6) is 0.502. The van der Waals surface area contributed by atoms with Gasteiger partial charge in [0, 0.05) is 5.75 Å². The predicted octanol–water partition coefficient (Wildman–Crippen LogP) is -0.449. The topological polar surface area (TPSA) is 110 Å². The monoisotopic (exact) mass is 288 g/mol. The quantitative estimate of drug-likeness (QED) is 0.712. The van der Waals surface area contributed by atoms with Gasteiger partial charge in [-0.1, -0.05) is 11.8 Å². The van der Waals surface area contributed by atoms with E-state index >= 15 is 0 Å². The fourth-order valence-corrected chi connectivity index (χ4v) is 1.97. The molecule has 2 aromatic heterocycles. The van der Waals surface area contributed by atoms with E-state index in [1.54, 1.807) is 0 Å². The van der Waals surface area contributed by atoms with Gasteiger partial charge in [0.2, 0.25) is 5.28 Å². The van der Waals surface area contributed by atoms with Crippen LogP contribution in [-0.4, -0.2) is 58.4 Å². The average Bonchev–Trinajstić information content (AvgIpc) is 2.89. The largest absolute Gasteiger partial charge is 0.394 e. The smallest absolute Gasteiger partial charge is 0.257 e. The summed E-state index contributed by atoms with van der Waals surface area (Å²) in [5, 5.41) is 22.2. The van der Waals surface area contributed by atoms with Crippen LogP contribution in [0.25, 0.3) is 5.95 Å². The second-order valence-electron chi connectivity index (χ2n) is 3.17. The molecule has 96 valence electrons. The lowest BCUT2D eigenvalue weighted by Crippen LogP contribution is -2.15. The van der Waals surface area contributed by atoms with Crippen LogP contribution in [0.1, 0.15) is 0 Å². The van der Waals surface area contributed by atoms with Crippen LogP contribution in [0.3, 0.4) is 0 Å². The Morgan fingerprint density at radius 3 is 2.89 bits per heavy atom. The lowest BCUT2D eigenvalue weighted by atomic mass is 10.4. The van der Waals surface area contributed by atoms with E-state index in [4.69, 9.17) is 16.7 Å². The number of halogens is 1. The van der Waals surface area contributed by atoms with Gasteiger partial charge in [-0.3, -0.25) is 0 Å². The van der Waals surface area contributed by atoms with Crippen molar-refractivity contribution in [1.82, 2.24) is 29.7 Å². The minimum atomic E-state index is -0.833. The number of nitrogens with zero attached hydrogens (tertiary/aromatic N) is 6. The standard InChI is InChI=1S/C8H9ClN6O2S/c9-6-12-7(15-4-10-3-11-15)14-8(13-6)18-2-5(17)1-16/h3-5,16-17H,1-2H2. The molecule has 0 spiro atoms. The summed E-state index contributed by atoms with van der Waals surface area (Å²) in [6.07, 6.45) is 1.95. The van der Waals surface area contributed by atoms with Crippen molar-refractivity contribution in [1.29, 1.82) is 0 Å². The SMILES string of the molecule is OCC(O)CSc1nc(Cl)nc(-n2cncn2)n1. The van der Waals surface area contributed by atoms with Crippen molar-refractivity contribution in [3.63, 3.8) is 0 Å². The summed E-state index contributed by atoms with van der Waals surface area (Å²) in [7, 11) is 0. The van der Waals surface area contributed by atoms with E-state index in [9.17, 15) is 5.11 Å². The van der Waals surface area contributed by atoms with E-state index < -0.39 is 6.10 Å². The van der Waals surface area contributed by atoms with Gasteiger partial charge < -0.3 is 10.2 Å². The highest BCUT2D eigenvalue weighted by atomic mass is 35.5. The van der Waals surface area contributed by atoms with E-state index in [2.05, 4.69) is 25.0 Å². The maximum absolute atomic E-state index is 9.24. The van der Waals surface area contributed by atoms with Crippen molar-refractivity contribution in [2.75, 3.05) is 12.4 Å². The molecule has 2 heterocycles. The molecule has 0 amide bonds. The third-order valence-electron chi connectivity index (χ3n) is 1.82. The Morgan fingerprint density at radius 2 is 2.22 bits per heavy atom. The first-order chi connectivity index (χ1) is 8.69. The van der Waals surface area contributed by atoms with Gasteiger partial charge in [0.15, 0.2) is 5.16 Å². The predicted molar refractivity (Wildman–Crippen MR) is 63.6 cm³/mol. The fourth-order valence-electron chi connectivity index (χ4n) is 1.02. The van der Waals surface area contributed by atoms with Crippen LogP contribution in [0, 0.1) is 0 Å². The Morgan fingerprint density at radius 1 is 1.39 bits per heavy atom. The molecule has 1 unspecified atom stereocenters. The zero-order valence-electron chi connectivity index (χ0n) is 9.01. The first-order valence-electron chi connectivity index (χ1n) is 4.87. The molecule has 2 aromatic rings. The van der Waals surface area contributed by atoms with Crippen LogP contribution in [-0.2, 0) is 0 Å². The first kappa shape index (κ1) is 13.1. The third-order valence-corrected chi connectivity index (χ3v) is 2.98. The number of aromatic nitrogens is 6. The molecule has 0 aliphatic carbocycles. The van der Waals surface area contributed by atoms with Crippen LogP contribution in [0.2, 0.25) is 5.28 Å². The number of rotatable bonds is 5.